The van der Waals surface area contributed by atoms with E-state index < -0.39 is 0 Å². The van der Waals surface area contributed by atoms with Crippen molar-refractivity contribution >= 4 is 11.8 Å². The van der Waals surface area contributed by atoms with Crippen LogP contribution in [0.25, 0.3) is 0 Å². The third-order valence-electron chi connectivity index (χ3n) is 0.856. The maximum atomic E-state index is 2.25. The quantitative estimate of drug-likeness (QED) is 0.532. The maximum absolute atomic E-state index is 2.25. The van der Waals surface area contributed by atoms with Gasteiger partial charge in [-0.3, -0.25) is 0 Å². The Morgan fingerprint density at radius 2 is 2.00 bits per heavy atom. The first-order valence-electron chi connectivity index (χ1n) is 2.80. The van der Waals surface area contributed by atoms with Crippen LogP contribution in [0, 0.1) is 5.25 Å². The summed E-state index contributed by atoms with van der Waals surface area (Å²) < 4.78 is 0. The van der Waals surface area contributed by atoms with Crippen molar-refractivity contribution in [2.45, 2.75) is 31.9 Å². The Balaban J connectivity index is 1.97. The zero-order valence-corrected chi connectivity index (χ0v) is 5.72. The molecule has 41 valence electrons. The first-order valence-corrected chi connectivity index (χ1v) is 3.68. The van der Waals surface area contributed by atoms with E-state index in [1.54, 1.807) is 5.25 Å². The molecule has 0 saturated heterocycles. The average Bonchev–Trinajstić information content (AvgIpc) is 2.17. The lowest BCUT2D eigenvalue weighted by Gasteiger charge is -1.97. The summed E-state index contributed by atoms with van der Waals surface area (Å²) in [6.07, 6.45) is 2.78. The predicted octanol–water partition coefficient (Wildman–Crippen LogP) is 2.45. The number of hydrogen-bond acceptors (Lipinski definition) is 1. The molecule has 1 radical (unpaired) electrons. The zero-order valence-electron chi connectivity index (χ0n) is 4.90. The topological polar surface area (TPSA) is 0 Å². The third-order valence-corrected chi connectivity index (χ3v) is 2.07. The third kappa shape index (κ3) is 2.22. The highest BCUT2D eigenvalue weighted by Gasteiger charge is 2.23. The van der Waals surface area contributed by atoms with E-state index in [9.17, 15) is 0 Å². The van der Waals surface area contributed by atoms with Crippen LogP contribution in [-0.4, -0.2) is 5.25 Å². The van der Waals surface area contributed by atoms with E-state index in [2.05, 4.69) is 13.8 Å². The summed E-state index contributed by atoms with van der Waals surface area (Å²) in [4.78, 5) is 0. The molecular weight excluding hydrogens is 104 g/mol. The summed E-state index contributed by atoms with van der Waals surface area (Å²) in [6.45, 7) is 4.49. The minimum Gasteiger partial charge on any atom is -0.151 e. The van der Waals surface area contributed by atoms with Crippen LogP contribution in [-0.2, 0) is 0 Å². The van der Waals surface area contributed by atoms with Crippen molar-refractivity contribution < 1.29 is 0 Å². The van der Waals surface area contributed by atoms with Gasteiger partial charge in [-0.2, -0.15) is 11.8 Å². The largest absolute Gasteiger partial charge is 0.151 e. The summed E-state index contributed by atoms with van der Waals surface area (Å²) in [5.41, 5.74) is 0. The van der Waals surface area contributed by atoms with E-state index >= 15 is 0 Å². The van der Waals surface area contributed by atoms with E-state index in [0.717, 1.165) is 5.25 Å². The molecule has 0 heterocycles. The monoisotopic (exact) mass is 115 g/mol. The second kappa shape index (κ2) is 2.08. The SMILES string of the molecule is CC(C)S[C]1CC1. The lowest BCUT2D eigenvalue weighted by Crippen LogP contribution is -1.82. The van der Waals surface area contributed by atoms with Crippen LogP contribution < -0.4 is 0 Å². The molecule has 0 aromatic rings. The molecule has 0 aliphatic heterocycles. The number of thioether (sulfide) groups is 1. The van der Waals surface area contributed by atoms with Gasteiger partial charge in [0.15, 0.2) is 0 Å². The molecule has 1 saturated carbocycles. The van der Waals surface area contributed by atoms with Crippen LogP contribution in [0.2, 0.25) is 0 Å². The highest BCUT2D eigenvalue weighted by Crippen LogP contribution is 2.44. The highest BCUT2D eigenvalue weighted by atomic mass is 32.2. The Hall–Kier alpha value is 0.350. The molecule has 1 rings (SSSR count). The van der Waals surface area contributed by atoms with Crippen molar-refractivity contribution in [1.82, 2.24) is 0 Å². The summed E-state index contributed by atoms with van der Waals surface area (Å²) in [5, 5.41) is 2.52. The highest BCUT2D eigenvalue weighted by molar-refractivity contribution is 8.02. The van der Waals surface area contributed by atoms with Gasteiger partial charge in [0.2, 0.25) is 0 Å². The van der Waals surface area contributed by atoms with Gasteiger partial charge in [0.25, 0.3) is 0 Å². The van der Waals surface area contributed by atoms with Gasteiger partial charge >= 0.3 is 0 Å². The van der Waals surface area contributed by atoms with Gasteiger partial charge in [-0.25, -0.2) is 0 Å². The lowest BCUT2D eigenvalue weighted by molar-refractivity contribution is 1.12. The Morgan fingerprint density at radius 3 is 2.14 bits per heavy atom. The molecule has 0 nitrogen and oxygen atoms in total. The second-order valence-corrected chi connectivity index (χ2v) is 3.96. The molecule has 0 N–H and O–H groups in total. The summed E-state index contributed by atoms with van der Waals surface area (Å²) >= 11 is 2.04. The summed E-state index contributed by atoms with van der Waals surface area (Å²) in [5.74, 6) is 0. The van der Waals surface area contributed by atoms with Crippen LogP contribution >= 0.6 is 11.8 Å². The molecule has 0 amide bonds. The number of rotatable bonds is 2. The van der Waals surface area contributed by atoms with Crippen molar-refractivity contribution in [1.29, 1.82) is 0 Å². The molecule has 1 heteroatoms. The van der Waals surface area contributed by atoms with Gasteiger partial charge in [-0.1, -0.05) is 13.8 Å². The fraction of sp³-hybridized carbons (Fsp3) is 0.833. The molecule has 0 atom stereocenters. The molecule has 1 fully saturated rings. The Labute approximate surface area is 49.7 Å². The molecule has 0 spiro atoms. The first-order chi connectivity index (χ1) is 3.29. The predicted molar refractivity (Wildman–Crippen MR) is 35.2 cm³/mol. The lowest BCUT2D eigenvalue weighted by atomic mass is 10.6. The van der Waals surface area contributed by atoms with Gasteiger partial charge in [-0.05, 0) is 18.1 Å². The van der Waals surface area contributed by atoms with Gasteiger partial charge in [-0.15, -0.1) is 0 Å². The van der Waals surface area contributed by atoms with Crippen LogP contribution in [0.4, 0.5) is 0 Å². The molecule has 0 aromatic heterocycles. The molecule has 1 aliphatic carbocycles. The van der Waals surface area contributed by atoms with E-state index in [4.69, 9.17) is 0 Å². The van der Waals surface area contributed by atoms with Crippen molar-refractivity contribution in [2.24, 2.45) is 0 Å². The summed E-state index contributed by atoms with van der Waals surface area (Å²) in [7, 11) is 0. The van der Waals surface area contributed by atoms with Crippen LogP contribution in [0.3, 0.4) is 0 Å². The molecule has 0 unspecified atom stereocenters. The summed E-state index contributed by atoms with van der Waals surface area (Å²) in [6, 6.07) is 0. The normalized spacial score (nSPS) is 21.0. The standard InChI is InChI=1S/C6H11S/c1-5(2)7-6-3-4-6/h5H,3-4H2,1-2H3. The Morgan fingerprint density at radius 1 is 1.43 bits per heavy atom. The fourth-order valence-corrected chi connectivity index (χ4v) is 1.51. The molecule has 7 heavy (non-hydrogen) atoms. The number of hydrogen-bond donors (Lipinski definition) is 0. The van der Waals surface area contributed by atoms with E-state index in [1.807, 2.05) is 11.8 Å². The van der Waals surface area contributed by atoms with E-state index in [1.165, 1.54) is 12.8 Å². The van der Waals surface area contributed by atoms with Crippen LogP contribution in [0.5, 0.6) is 0 Å². The molecular formula is C6H11S. The van der Waals surface area contributed by atoms with Gasteiger partial charge in [0.05, 0.1) is 0 Å². The molecule has 0 aromatic carbocycles. The van der Waals surface area contributed by atoms with Gasteiger partial charge < -0.3 is 0 Å². The van der Waals surface area contributed by atoms with E-state index in [0.29, 0.717) is 0 Å². The smallest absolute Gasteiger partial charge is 0.0310 e. The average molecular weight is 115 g/mol. The second-order valence-electron chi connectivity index (χ2n) is 2.21. The van der Waals surface area contributed by atoms with Crippen LogP contribution in [0.15, 0.2) is 0 Å². The Kier molecular flexibility index (Phi) is 1.63. The van der Waals surface area contributed by atoms with Gasteiger partial charge in [0.1, 0.15) is 0 Å². The minimum atomic E-state index is 0.817. The fourth-order valence-electron chi connectivity index (χ4n) is 0.502. The first kappa shape index (κ1) is 5.49. The zero-order chi connectivity index (χ0) is 5.28. The van der Waals surface area contributed by atoms with Gasteiger partial charge in [0, 0.05) is 5.25 Å². The Bertz CT molecular complexity index is 55.2. The van der Waals surface area contributed by atoms with E-state index in [-0.39, 0.29) is 0 Å². The molecule has 1 aliphatic rings. The van der Waals surface area contributed by atoms with Crippen molar-refractivity contribution in [3.63, 3.8) is 0 Å². The minimum absolute atomic E-state index is 0.817. The van der Waals surface area contributed by atoms with Crippen LogP contribution in [0.1, 0.15) is 26.7 Å². The maximum Gasteiger partial charge on any atom is 0.0310 e. The van der Waals surface area contributed by atoms with Crippen molar-refractivity contribution in [3.8, 4) is 0 Å². The molecule has 0 bridgehead atoms. The van der Waals surface area contributed by atoms with Crippen molar-refractivity contribution in [2.75, 3.05) is 0 Å². The van der Waals surface area contributed by atoms with Crippen molar-refractivity contribution in [3.05, 3.63) is 5.25 Å².